The molecule has 1 fully saturated rings. The molecule has 3 aromatic heterocycles. The van der Waals surface area contributed by atoms with Crippen molar-refractivity contribution in [1.29, 1.82) is 0 Å². The van der Waals surface area contributed by atoms with Crippen LogP contribution in [0.15, 0.2) is 72.9 Å². The molecule has 2 aromatic carbocycles. The fourth-order valence-electron chi connectivity index (χ4n) is 4.89. The molecule has 0 spiro atoms. The van der Waals surface area contributed by atoms with Gasteiger partial charge >= 0.3 is 0 Å². The van der Waals surface area contributed by atoms with Crippen molar-refractivity contribution in [2.45, 2.75) is 44.2 Å². The molecule has 0 saturated heterocycles. The standard InChI is InChI=1S/C28H27N5O/c1-2-24(34)27-32-31-26-22-17-21(18-7-4-3-5-8-18)25(30-23(22)13-16-33(26)27)19-9-11-20(12-10-19)28(29)14-6-15-28/h3-5,7-13,16-17,24,34H,2,6,14-15,29H2,1H3. The summed E-state index contributed by atoms with van der Waals surface area (Å²) in [4.78, 5) is 5.10. The first-order chi connectivity index (χ1) is 16.6. The number of nitrogens with zero attached hydrogens (tertiary/aromatic N) is 4. The summed E-state index contributed by atoms with van der Waals surface area (Å²) >= 11 is 0. The van der Waals surface area contributed by atoms with Gasteiger partial charge in [0.25, 0.3) is 0 Å². The molecule has 3 N–H and O–H groups in total. The van der Waals surface area contributed by atoms with Crippen LogP contribution in [-0.2, 0) is 5.54 Å². The molecule has 170 valence electrons. The molecule has 6 nitrogen and oxygen atoms in total. The second-order valence-electron chi connectivity index (χ2n) is 9.26. The second kappa shape index (κ2) is 8.01. The van der Waals surface area contributed by atoms with E-state index in [0.717, 1.165) is 46.1 Å². The number of benzene rings is 2. The summed E-state index contributed by atoms with van der Waals surface area (Å²) in [6.07, 6.45) is 5.08. The Kier molecular flexibility index (Phi) is 4.94. The molecule has 1 aliphatic rings. The van der Waals surface area contributed by atoms with Crippen molar-refractivity contribution in [2.75, 3.05) is 0 Å². The van der Waals surface area contributed by atoms with Crippen LogP contribution in [0.1, 0.15) is 50.1 Å². The third-order valence-corrected chi connectivity index (χ3v) is 7.15. The molecule has 1 unspecified atom stereocenters. The van der Waals surface area contributed by atoms with Crippen molar-refractivity contribution in [3.8, 4) is 22.4 Å². The van der Waals surface area contributed by atoms with E-state index in [0.29, 0.717) is 17.9 Å². The highest BCUT2D eigenvalue weighted by Crippen LogP contribution is 2.40. The average molecular weight is 450 g/mol. The van der Waals surface area contributed by atoms with Gasteiger partial charge in [0.15, 0.2) is 11.5 Å². The third kappa shape index (κ3) is 3.30. The first-order valence-electron chi connectivity index (χ1n) is 11.9. The number of aliphatic hydroxyl groups is 1. The number of aromatic nitrogens is 4. The summed E-state index contributed by atoms with van der Waals surface area (Å²) in [5.41, 5.74) is 13.2. The van der Waals surface area contributed by atoms with Gasteiger partial charge < -0.3 is 10.8 Å². The minimum Gasteiger partial charge on any atom is -0.385 e. The summed E-state index contributed by atoms with van der Waals surface area (Å²) in [5, 5.41) is 19.9. The van der Waals surface area contributed by atoms with Gasteiger partial charge in [-0.05, 0) is 48.9 Å². The quantitative estimate of drug-likeness (QED) is 0.375. The predicted octanol–water partition coefficient (Wildman–Crippen LogP) is 5.39. The van der Waals surface area contributed by atoms with E-state index in [-0.39, 0.29) is 5.54 Å². The summed E-state index contributed by atoms with van der Waals surface area (Å²) in [5.74, 6) is 0.548. The smallest absolute Gasteiger partial charge is 0.170 e. The van der Waals surface area contributed by atoms with Crippen molar-refractivity contribution in [1.82, 2.24) is 19.6 Å². The van der Waals surface area contributed by atoms with Crippen molar-refractivity contribution in [2.24, 2.45) is 5.73 Å². The highest BCUT2D eigenvalue weighted by molar-refractivity contribution is 5.98. The van der Waals surface area contributed by atoms with E-state index in [1.807, 2.05) is 41.8 Å². The van der Waals surface area contributed by atoms with Gasteiger partial charge in [0.05, 0.1) is 11.2 Å². The number of fused-ring (bicyclic) bond motifs is 3. The number of aliphatic hydroxyl groups excluding tert-OH is 1. The monoisotopic (exact) mass is 449 g/mol. The molecule has 34 heavy (non-hydrogen) atoms. The normalized spacial score (nSPS) is 16.0. The van der Waals surface area contributed by atoms with Gasteiger partial charge in [-0.3, -0.25) is 4.40 Å². The van der Waals surface area contributed by atoms with Gasteiger partial charge in [-0.2, -0.15) is 0 Å². The minimum atomic E-state index is -0.659. The van der Waals surface area contributed by atoms with Crippen molar-refractivity contribution in [3.63, 3.8) is 0 Å². The largest absolute Gasteiger partial charge is 0.385 e. The molecule has 0 bridgehead atoms. The van der Waals surface area contributed by atoms with Crippen LogP contribution >= 0.6 is 0 Å². The van der Waals surface area contributed by atoms with Crippen molar-refractivity contribution < 1.29 is 5.11 Å². The highest BCUT2D eigenvalue weighted by atomic mass is 16.3. The molecule has 0 aliphatic heterocycles. The van der Waals surface area contributed by atoms with Gasteiger partial charge in [0, 0.05) is 28.2 Å². The lowest BCUT2D eigenvalue weighted by molar-refractivity contribution is 0.162. The predicted molar refractivity (Wildman–Crippen MR) is 134 cm³/mol. The van der Waals surface area contributed by atoms with Gasteiger partial charge in [-0.25, -0.2) is 4.98 Å². The Hall–Kier alpha value is -3.61. The average Bonchev–Trinajstić information content (AvgIpc) is 3.31. The van der Waals surface area contributed by atoms with E-state index >= 15 is 0 Å². The van der Waals surface area contributed by atoms with Crippen LogP contribution in [0.25, 0.3) is 38.9 Å². The Morgan fingerprint density at radius 2 is 1.76 bits per heavy atom. The van der Waals surface area contributed by atoms with Crippen LogP contribution in [0.2, 0.25) is 0 Å². The molecule has 0 amide bonds. The van der Waals surface area contributed by atoms with Gasteiger partial charge in [-0.15, -0.1) is 10.2 Å². The maximum Gasteiger partial charge on any atom is 0.170 e. The van der Waals surface area contributed by atoms with E-state index in [9.17, 15) is 5.11 Å². The van der Waals surface area contributed by atoms with Gasteiger partial charge in [0.1, 0.15) is 6.10 Å². The zero-order valence-electron chi connectivity index (χ0n) is 19.1. The third-order valence-electron chi connectivity index (χ3n) is 7.15. The van der Waals surface area contributed by atoms with E-state index in [1.165, 1.54) is 12.0 Å². The summed E-state index contributed by atoms with van der Waals surface area (Å²) in [7, 11) is 0. The van der Waals surface area contributed by atoms with Gasteiger partial charge in [0.2, 0.25) is 0 Å². The Balaban J connectivity index is 1.55. The van der Waals surface area contributed by atoms with E-state index in [4.69, 9.17) is 10.7 Å². The van der Waals surface area contributed by atoms with Crippen molar-refractivity contribution in [3.05, 3.63) is 84.3 Å². The number of hydrogen-bond acceptors (Lipinski definition) is 5. The zero-order valence-corrected chi connectivity index (χ0v) is 19.1. The molecule has 6 heteroatoms. The van der Waals surface area contributed by atoms with Crippen LogP contribution in [-0.4, -0.2) is 24.7 Å². The molecule has 0 radical (unpaired) electrons. The lowest BCUT2D eigenvalue weighted by Crippen LogP contribution is -2.43. The van der Waals surface area contributed by atoms with Crippen LogP contribution in [0.4, 0.5) is 0 Å². The Morgan fingerprint density at radius 3 is 2.44 bits per heavy atom. The van der Waals surface area contributed by atoms with Crippen LogP contribution < -0.4 is 5.73 Å². The Labute approximate surface area is 198 Å². The maximum absolute atomic E-state index is 10.4. The molecular formula is C28H27N5O. The zero-order chi connectivity index (χ0) is 23.3. The fourth-order valence-corrected chi connectivity index (χ4v) is 4.89. The lowest BCUT2D eigenvalue weighted by atomic mass is 9.72. The second-order valence-corrected chi connectivity index (χ2v) is 9.26. The summed E-state index contributed by atoms with van der Waals surface area (Å²) in [6, 6.07) is 23.0. The first-order valence-corrected chi connectivity index (χ1v) is 11.9. The van der Waals surface area contributed by atoms with Crippen molar-refractivity contribution >= 4 is 16.6 Å². The molecule has 5 aromatic rings. The SMILES string of the molecule is CCC(O)c1nnc2c3cc(-c4ccccc4)c(-c4ccc(C5(N)CCC5)cc4)nc3ccn12. The lowest BCUT2D eigenvalue weighted by Gasteiger charge is -2.38. The van der Waals surface area contributed by atoms with Gasteiger partial charge in [-0.1, -0.05) is 61.5 Å². The number of hydrogen-bond donors (Lipinski definition) is 2. The van der Waals surface area contributed by atoms with E-state index < -0.39 is 6.10 Å². The summed E-state index contributed by atoms with van der Waals surface area (Å²) < 4.78 is 1.86. The van der Waals surface area contributed by atoms with E-state index in [2.05, 4.69) is 52.7 Å². The maximum atomic E-state index is 10.4. The summed E-state index contributed by atoms with van der Waals surface area (Å²) in [6.45, 7) is 1.93. The Bertz CT molecular complexity index is 1490. The number of nitrogens with two attached hydrogens (primary N) is 1. The van der Waals surface area contributed by atoms with Crippen LogP contribution in [0, 0.1) is 0 Å². The topological polar surface area (TPSA) is 89.3 Å². The van der Waals surface area contributed by atoms with Crippen LogP contribution in [0.5, 0.6) is 0 Å². The highest BCUT2D eigenvalue weighted by Gasteiger charge is 2.34. The fraction of sp³-hybridized carbons (Fsp3) is 0.250. The Morgan fingerprint density at radius 1 is 1.00 bits per heavy atom. The molecular weight excluding hydrogens is 422 g/mol. The molecule has 1 aliphatic carbocycles. The number of rotatable bonds is 5. The number of pyridine rings is 2. The molecule has 3 heterocycles. The minimum absolute atomic E-state index is 0.183. The first kappa shape index (κ1) is 21.0. The van der Waals surface area contributed by atoms with E-state index in [1.54, 1.807) is 0 Å². The molecule has 6 rings (SSSR count). The van der Waals surface area contributed by atoms with Crippen LogP contribution in [0.3, 0.4) is 0 Å². The molecule has 1 saturated carbocycles. The molecule has 1 atom stereocenters.